The van der Waals surface area contributed by atoms with E-state index in [0.717, 1.165) is 22.3 Å². The van der Waals surface area contributed by atoms with Crippen LogP contribution in [0, 0.1) is 0 Å². The molecule has 0 bridgehead atoms. The zero-order chi connectivity index (χ0) is 30.9. The van der Waals surface area contributed by atoms with E-state index >= 15 is 0 Å². The number of pyridine rings is 2. The third-order valence-electron chi connectivity index (χ3n) is 6.04. The number of aromatic nitrogens is 2. The quantitative estimate of drug-likeness (QED) is 0.130. The minimum Gasteiger partial charge on any atom is -0.491 e. The lowest BCUT2D eigenvalue weighted by Crippen LogP contribution is -2.13. The van der Waals surface area contributed by atoms with Gasteiger partial charge in [0.1, 0.15) is 24.7 Å². The molecule has 44 heavy (non-hydrogen) atoms. The maximum Gasteiger partial charge on any atom is 0.127 e. The molecule has 0 saturated carbocycles. The van der Waals surface area contributed by atoms with E-state index in [0.29, 0.717) is 90.8 Å². The number of ether oxygens (including phenoxy) is 8. The highest BCUT2D eigenvalue weighted by atomic mass is 16.6. The summed E-state index contributed by atoms with van der Waals surface area (Å²) in [4.78, 5) is 8.21. The van der Waals surface area contributed by atoms with Crippen molar-refractivity contribution in [2.75, 3.05) is 93.5 Å². The largest absolute Gasteiger partial charge is 0.491 e. The topological polar surface area (TPSA) is 99.6 Å². The van der Waals surface area contributed by atoms with Gasteiger partial charge in [-0.3, -0.25) is 9.97 Å². The molecule has 0 unspecified atom stereocenters. The van der Waals surface area contributed by atoms with E-state index in [1.54, 1.807) is 39.0 Å². The molecule has 0 aliphatic carbocycles. The summed E-state index contributed by atoms with van der Waals surface area (Å²) in [5, 5.41) is 0. The van der Waals surface area contributed by atoms with Gasteiger partial charge < -0.3 is 37.9 Å². The van der Waals surface area contributed by atoms with E-state index in [-0.39, 0.29) is 0 Å². The normalized spacial score (nSPS) is 11.5. The van der Waals surface area contributed by atoms with Crippen LogP contribution in [-0.2, 0) is 28.4 Å². The van der Waals surface area contributed by atoms with Crippen molar-refractivity contribution in [1.29, 1.82) is 0 Å². The second-order valence-electron chi connectivity index (χ2n) is 9.29. The van der Waals surface area contributed by atoms with E-state index in [1.165, 1.54) is 0 Å². The third-order valence-corrected chi connectivity index (χ3v) is 6.04. The van der Waals surface area contributed by atoms with Crippen LogP contribution >= 0.6 is 0 Å². The fourth-order valence-electron chi connectivity index (χ4n) is 3.77. The van der Waals surface area contributed by atoms with Crippen LogP contribution in [0.4, 0.5) is 0 Å². The zero-order valence-corrected chi connectivity index (χ0v) is 25.7. The van der Waals surface area contributed by atoms with Crippen LogP contribution in [0.5, 0.6) is 11.5 Å². The number of nitrogens with zero attached hydrogens (tertiary/aromatic N) is 2. The molecular weight excluding hydrogens is 564 g/mol. The molecule has 1 aromatic carbocycles. The first-order valence-electron chi connectivity index (χ1n) is 14.7. The summed E-state index contributed by atoms with van der Waals surface area (Å²) >= 11 is 0. The van der Waals surface area contributed by atoms with Crippen molar-refractivity contribution < 1.29 is 37.9 Å². The molecule has 238 valence electrons. The van der Waals surface area contributed by atoms with Gasteiger partial charge in [0.05, 0.1) is 66.1 Å². The molecule has 0 saturated heterocycles. The van der Waals surface area contributed by atoms with Gasteiger partial charge in [-0.2, -0.15) is 0 Å². The maximum absolute atomic E-state index is 6.22. The van der Waals surface area contributed by atoms with E-state index in [1.807, 2.05) is 60.7 Å². The van der Waals surface area contributed by atoms with Crippen LogP contribution < -0.4 is 9.47 Å². The van der Waals surface area contributed by atoms with Gasteiger partial charge in [-0.05, 0) is 47.5 Å². The lowest BCUT2D eigenvalue weighted by Gasteiger charge is -2.16. The summed E-state index contributed by atoms with van der Waals surface area (Å²) in [7, 11) is 3.30. The summed E-state index contributed by atoms with van der Waals surface area (Å²) in [6, 6.07) is 11.7. The van der Waals surface area contributed by atoms with Crippen LogP contribution in [0.2, 0.25) is 0 Å². The number of rotatable bonds is 24. The van der Waals surface area contributed by atoms with Crippen molar-refractivity contribution in [2.45, 2.75) is 0 Å². The fraction of sp³-hybridized carbons (Fsp3) is 0.412. The monoisotopic (exact) mass is 608 g/mol. The summed E-state index contributed by atoms with van der Waals surface area (Å²) in [6.45, 7) is 5.79. The molecule has 3 aromatic rings. The Kier molecular flexibility index (Phi) is 18.1. The van der Waals surface area contributed by atoms with Gasteiger partial charge in [0.25, 0.3) is 0 Å². The van der Waals surface area contributed by atoms with Crippen molar-refractivity contribution >= 4 is 24.3 Å². The lowest BCUT2D eigenvalue weighted by molar-refractivity contribution is 0.0177. The highest BCUT2D eigenvalue weighted by molar-refractivity contribution is 5.78. The first-order chi connectivity index (χ1) is 21.8. The number of hydrogen-bond donors (Lipinski definition) is 0. The molecule has 0 aliphatic heterocycles. The second kappa shape index (κ2) is 22.8. The van der Waals surface area contributed by atoms with Crippen molar-refractivity contribution in [3.8, 4) is 11.5 Å². The van der Waals surface area contributed by atoms with Gasteiger partial charge in [0.15, 0.2) is 0 Å². The molecular formula is C34H44N2O8. The van der Waals surface area contributed by atoms with E-state index < -0.39 is 0 Å². The summed E-state index contributed by atoms with van der Waals surface area (Å²) < 4.78 is 44.7. The average molecular weight is 609 g/mol. The van der Waals surface area contributed by atoms with Gasteiger partial charge in [-0.1, -0.05) is 24.3 Å². The molecule has 0 radical (unpaired) electrons. The molecule has 3 rings (SSSR count). The molecule has 10 nitrogen and oxygen atoms in total. The Morgan fingerprint density at radius 2 is 0.795 bits per heavy atom. The molecule has 0 atom stereocenters. The van der Waals surface area contributed by atoms with Crippen molar-refractivity contribution in [1.82, 2.24) is 9.97 Å². The maximum atomic E-state index is 6.22. The molecule has 0 N–H and O–H groups in total. The Labute approximate surface area is 260 Å². The van der Waals surface area contributed by atoms with Gasteiger partial charge in [-0.25, -0.2) is 0 Å². The smallest absolute Gasteiger partial charge is 0.127 e. The molecule has 10 heteroatoms. The predicted octanol–water partition coefficient (Wildman–Crippen LogP) is 4.93. The second-order valence-corrected chi connectivity index (χ2v) is 9.29. The summed E-state index contributed by atoms with van der Waals surface area (Å²) in [5.74, 6) is 1.42. The molecule has 2 heterocycles. The highest BCUT2D eigenvalue weighted by Gasteiger charge is 2.11. The fourth-order valence-corrected chi connectivity index (χ4v) is 3.77. The third kappa shape index (κ3) is 14.7. The number of methoxy groups -OCH3 is 2. The van der Waals surface area contributed by atoms with Gasteiger partial charge in [0, 0.05) is 50.1 Å². The van der Waals surface area contributed by atoms with Crippen molar-refractivity contribution in [2.24, 2.45) is 0 Å². The standard InChI is InChI=1S/C34H44N2O8/c1-37-15-17-39-19-21-41-23-25-43-33-27-32(6-4-30-9-13-36-14-10-30)34(44-26-24-42-22-20-40-18-16-38-2)28-31(33)5-3-29-7-11-35-12-8-29/h3-14,27-28H,15-26H2,1-2H3/b5-3+,6-4+. The Bertz CT molecular complexity index is 1110. The Morgan fingerprint density at radius 3 is 1.16 bits per heavy atom. The molecule has 0 spiro atoms. The summed E-state index contributed by atoms with van der Waals surface area (Å²) in [6.07, 6.45) is 15.1. The Morgan fingerprint density at radius 1 is 0.455 bits per heavy atom. The van der Waals surface area contributed by atoms with Crippen LogP contribution in [0.1, 0.15) is 22.3 Å². The van der Waals surface area contributed by atoms with Crippen molar-refractivity contribution in [3.05, 3.63) is 83.4 Å². The Balaban J connectivity index is 1.71. The van der Waals surface area contributed by atoms with E-state index in [9.17, 15) is 0 Å². The first-order valence-corrected chi connectivity index (χ1v) is 14.7. The van der Waals surface area contributed by atoms with E-state index in [2.05, 4.69) is 9.97 Å². The SMILES string of the molecule is COCCOCCOCCOc1cc(/C=C/c2ccncc2)c(OCCOCCOCCOC)cc1/C=C/c1ccncc1. The average Bonchev–Trinajstić information content (AvgIpc) is 3.06. The van der Waals surface area contributed by atoms with Crippen LogP contribution in [0.25, 0.3) is 24.3 Å². The minimum atomic E-state index is 0.377. The van der Waals surface area contributed by atoms with Gasteiger partial charge in [0.2, 0.25) is 0 Å². The van der Waals surface area contributed by atoms with Gasteiger partial charge >= 0.3 is 0 Å². The van der Waals surface area contributed by atoms with Crippen molar-refractivity contribution in [3.63, 3.8) is 0 Å². The van der Waals surface area contributed by atoms with Crippen LogP contribution in [-0.4, -0.2) is 103 Å². The van der Waals surface area contributed by atoms with Crippen LogP contribution in [0.15, 0.2) is 61.2 Å². The highest BCUT2D eigenvalue weighted by Crippen LogP contribution is 2.32. The predicted molar refractivity (Wildman–Crippen MR) is 171 cm³/mol. The molecule has 0 amide bonds. The lowest BCUT2D eigenvalue weighted by atomic mass is 10.1. The molecule has 0 fully saturated rings. The first kappa shape index (κ1) is 34.8. The molecule has 0 aliphatic rings. The van der Waals surface area contributed by atoms with E-state index in [4.69, 9.17) is 37.9 Å². The number of hydrogen-bond acceptors (Lipinski definition) is 10. The Hall–Kier alpha value is -3.64. The van der Waals surface area contributed by atoms with Gasteiger partial charge in [-0.15, -0.1) is 0 Å². The minimum absolute atomic E-state index is 0.377. The zero-order valence-electron chi connectivity index (χ0n) is 25.7. The number of benzene rings is 1. The van der Waals surface area contributed by atoms with Crippen LogP contribution in [0.3, 0.4) is 0 Å². The summed E-state index contributed by atoms with van der Waals surface area (Å²) in [5.41, 5.74) is 3.78. The molecule has 2 aromatic heterocycles.